The lowest BCUT2D eigenvalue weighted by molar-refractivity contribution is -0.161. The molecule has 0 saturated carbocycles. The molecule has 0 aliphatic heterocycles. The van der Waals surface area contributed by atoms with E-state index in [1.165, 1.54) is 116 Å². The van der Waals surface area contributed by atoms with Crippen LogP contribution >= 0.6 is 15.6 Å². The van der Waals surface area contributed by atoms with Crippen LogP contribution in [0.15, 0.2) is 0 Å². The van der Waals surface area contributed by atoms with E-state index in [1.54, 1.807) is 0 Å². The van der Waals surface area contributed by atoms with E-state index in [-0.39, 0.29) is 25.7 Å². The second-order valence-electron chi connectivity index (χ2n) is 22.2. The zero-order valence-electron chi connectivity index (χ0n) is 50.5. The minimum atomic E-state index is -4.94. The standard InChI is InChI=1S/C60H116O17P2/c1-6-9-12-15-18-21-22-24-29-34-39-44-58(63)71-50-56(77-60(65)46-41-36-31-26-25-27-32-37-42-53(4)5)52-75-79(68,69)73-48-54(61)47-72-78(66,67)74-51-55(49-70-57(62)43-38-33-28-20-17-14-11-8-3)76-59(64)45-40-35-30-23-19-16-13-10-7-2/h53-56,61H,6-52H2,1-5H3,(H,66,67)(H,68,69)/t54-,55+,56+/m0/s1. The number of phosphoric ester groups is 2. The van der Waals surface area contributed by atoms with Crippen LogP contribution in [0.4, 0.5) is 0 Å². The average Bonchev–Trinajstić information content (AvgIpc) is 3.41. The first-order valence-electron chi connectivity index (χ1n) is 31.6. The first-order chi connectivity index (χ1) is 38.0. The van der Waals surface area contributed by atoms with Gasteiger partial charge in [-0.15, -0.1) is 0 Å². The Balaban J connectivity index is 5.22. The molecule has 2 unspecified atom stereocenters. The van der Waals surface area contributed by atoms with Gasteiger partial charge in [0.2, 0.25) is 0 Å². The summed E-state index contributed by atoms with van der Waals surface area (Å²) in [5.41, 5.74) is 0. The smallest absolute Gasteiger partial charge is 0.462 e. The van der Waals surface area contributed by atoms with E-state index in [2.05, 4.69) is 34.6 Å². The molecule has 0 radical (unpaired) electrons. The van der Waals surface area contributed by atoms with E-state index in [1.807, 2.05) is 0 Å². The molecule has 0 aliphatic carbocycles. The van der Waals surface area contributed by atoms with Crippen molar-refractivity contribution < 1.29 is 80.2 Å². The SMILES string of the molecule is CCCCCCCCCCCCCC(=O)OC[C@H](COP(=O)(O)OC[C@@H](O)COP(=O)(O)OC[C@@H](COC(=O)CCCCCCCCCC)OC(=O)CCCCCCCCCCC)OC(=O)CCCCCCCCCCC(C)C. The fourth-order valence-electron chi connectivity index (χ4n) is 8.88. The van der Waals surface area contributed by atoms with Gasteiger partial charge in [-0.2, -0.15) is 0 Å². The fraction of sp³-hybridized carbons (Fsp3) is 0.933. The molecule has 0 bridgehead atoms. The molecule has 0 saturated heterocycles. The highest BCUT2D eigenvalue weighted by Gasteiger charge is 2.30. The number of ether oxygens (including phenoxy) is 4. The lowest BCUT2D eigenvalue weighted by atomic mass is 10.0. The largest absolute Gasteiger partial charge is 0.472 e. The number of hydrogen-bond acceptors (Lipinski definition) is 15. The van der Waals surface area contributed by atoms with E-state index >= 15 is 0 Å². The van der Waals surface area contributed by atoms with Gasteiger partial charge in [-0.05, 0) is 31.6 Å². The van der Waals surface area contributed by atoms with E-state index < -0.39 is 97.5 Å². The van der Waals surface area contributed by atoms with E-state index in [0.717, 1.165) is 102 Å². The quantitative estimate of drug-likeness (QED) is 0.0222. The molecule has 0 fully saturated rings. The van der Waals surface area contributed by atoms with Gasteiger partial charge in [-0.25, -0.2) is 9.13 Å². The molecule has 0 heterocycles. The highest BCUT2D eigenvalue weighted by molar-refractivity contribution is 7.47. The summed E-state index contributed by atoms with van der Waals surface area (Å²) >= 11 is 0. The van der Waals surface area contributed by atoms with Gasteiger partial charge >= 0.3 is 39.5 Å². The van der Waals surface area contributed by atoms with Crippen LogP contribution < -0.4 is 0 Å². The maximum atomic E-state index is 12.9. The van der Waals surface area contributed by atoms with E-state index in [9.17, 15) is 43.2 Å². The van der Waals surface area contributed by atoms with Crippen molar-refractivity contribution in [1.82, 2.24) is 0 Å². The highest BCUT2D eigenvalue weighted by Crippen LogP contribution is 2.45. The monoisotopic (exact) mass is 1170 g/mol. The summed E-state index contributed by atoms with van der Waals surface area (Å²) in [6, 6.07) is 0. The Morgan fingerprint density at radius 1 is 0.342 bits per heavy atom. The summed E-state index contributed by atoms with van der Waals surface area (Å²) in [7, 11) is -9.87. The summed E-state index contributed by atoms with van der Waals surface area (Å²) in [6.07, 6.45) is 36.2. The zero-order chi connectivity index (χ0) is 58.5. The van der Waals surface area contributed by atoms with Crippen molar-refractivity contribution in [1.29, 1.82) is 0 Å². The third-order valence-electron chi connectivity index (χ3n) is 13.8. The summed E-state index contributed by atoms with van der Waals surface area (Å²) in [4.78, 5) is 71.9. The molecule has 3 N–H and O–H groups in total. The van der Waals surface area contributed by atoms with Crippen molar-refractivity contribution in [3.05, 3.63) is 0 Å². The number of aliphatic hydroxyl groups is 1. The molecular formula is C60H116O17P2. The molecule has 79 heavy (non-hydrogen) atoms. The number of aliphatic hydroxyl groups excluding tert-OH is 1. The van der Waals surface area contributed by atoms with Gasteiger partial charge in [0, 0.05) is 25.7 Å². The van der Waals surface area contributed by atoms with Gasteiger partial charge in [0.1, 0.15) is 19.3 Å². The molecule has 0 aromatic heterocycles. The van der Waals surface area contributed by atoms with Crippen LogP contribution in [0.3, 0.4) is 0 Å². The predicted molar refractivity (Wildman–Crippen MR) is 312 cm³/mol. The molecule has 0 aromatic carbocycles. The van der Waals surface area contributed by atoms with Gasteiger partial charge in [-0.3, -0.25) is 37.3 Å². The van der Waals surface area contributed by atoms with Crippen LogP contribution in [0.2, 0.25) is 0 Å². The second kappa shape index (κ2) is 54.0. The van der Waals surface area contributed by atoms with Gasteiger partial charge in [0.05, 0.1) is 26.4 Å². The lowest BCUT2D eigenvalue weighted by Crippen LogP contribution is -2.30. The van der Waals surface area contributed by atoms with Crippen molar-refractivity contribution in [3.8, 4) is 0 Å². The van der Waals surface area contributed by atoms with E-state index in [4.69, 9.17) is 37.0 Å². The summed E-state index contributed by atoms with van der Waals surface area (Å²) < 4.78 is 67.7. The van der Waals surface area contributed by atoms with Crippen molar-refractivity contribution in [2.24, 2.45) is 5.92 Å². The summed E-state index contributed by atoms with van der Waals surface area (Å²) in [5, 5.41) is 10.5. The van der Waals surface area contributed by atoms with Gasteiger partial charge in [-0.1, -0.05) is 247 Å². The van der Waals surface area contributed by atoms with Crippen molar-refractivity contribution >= 4 is 39.5 Å². The Morgan fingerprint density at radius 3 is 0.861 bits per heavy atom. The van der Waals surface area contributed by atoms with Gasteiger partial charge < -0.3 is 33.8 Å². The zero-order valence-corrected chi connectivity index (χ0v) is 52.3. The fourth-order valence-corrected chi connectivity index (χ4v) is 10.5. The van der Waals surface area contributed by atoms with Crippen LogP contribution in [0, 0.1) is 5.92 Å². The van der Waals surface area contributed by atoms with E-state index in [0.29, 0.717) is 25.7 Å². The molecule has 5 atom stereocenters. The third kappa shape index (κ3) is 55.0. The van der Waals surface area contributed by atoms with Gasteiger partial charge in [0.15, 0.2) is 12.2 Å². The molecule has 468 valence electrons. The topological polar surface area (TPSA) is 237 Å². The summed E-state index contributed by atoms with van der Waals surface area (Å²) in [5.74, 6) is -1.42. The van der Waals surface area contributed by atoms with Crippen LogP contribution in [0.5, 0.6) is 0 Å². The number of carbonyl (C=O) groups is 4. The number of esters is 4. The number of phosphoric acid groups is 2. The number of carbonyl (C=O) groups excluding carboxylic acids is 4. The second-order valence-corrected chi connectivity index (χ2v) is 25.1. The Labute approximate surface area is 479 Å². The first-order valence-corrected chi connectivity index (χ1v) is 34.6. The minimum absolute atomic E-state index is 0.105. The molecule has 17 nitrogen and oxygen atoms in total. The van der Waals surface area contributed by atoms with Crippen LogP contribution in [-0.2, 0) is 65.4 Å². The first kappa shape index (κ1) is 77.1. The van der Waals surface area contributed by atoms with Crippen LogP contribution in [0.1, 0.15) is 298 Å². The highest BCUT2D eigenvalue weighted by atomic mass is 31.2. The Morgan fingerprint density at radius 2 is 0.582 bits per heavy atom. The van der Waals surface area contributed by atoms with Crippen LogP contribution in [0.25, 0.3) is 0 Å². The minimum Gasteiger partial charge on any atom is -0.462 e. The molecular weight excluding hydrogens is 1050 g/mol. The molecule has 0 spiro atoms. The maximum Gasteiger partial charge on any atom is 0.472 e. The Hall–Kier alpha value is -1.94. The lowest BCUT2D eigenvalue weighted by Gasteiger charge is -2.21. The Kier molecular flexibility index (Phi) is 52.7. The average molecular weight is 1170 g/mol. The Bertz CT molecular complexity index is 1550. The van der Waals surface area contributed by atoms with Crippen molar-refractivity contribution in [2.75, 3.05) is 39.6 Å². The maximum absolute atomic E-state index is 12.9. The van der Waals surface area contributed by atoms with Crippen LogP contribution in [-0.4, -0.2) is 96.7 Å². The molecule has 19 heteroatoms. The number of hydrogen-bond donors (Lipinski definition) is 3. The molecule has 0 amide bonds. The molecule has 0 aromatic rings. The normalized spacial score (nSPS) is 14.3. The van der Waals surface area contributed by atoms with Crippen molar-refractivity contribution in [2.45, 2.75) is 316 Å². The third-order valence-corrected chi connectivity index (χ3v) is 15.7. The molecule has 0 aliphatic rings. The number of rotatable bonds is 60. The number of unbranched alkanes of at least 4 members (excludes halogenated alkanes) is 32. The van der Waals surface area contributed by atoms with Gasteiger partial charge in [0.25, 0.3) is 0 Å². The summed E-state index contributed by atoms with van der Waals surface area (Å²) in [6.45, 7) is 7.08. The van der Waals surface area contributed by atoms with Crippen molar-refractivity contribution in [3.63, 3.8) is 0 Å². The molecule has 0 rings (SSSR count). The predicted octanol–water partition coefficient (Wildman–Crippen LogP) is 16.2.